The third-order valence-corrected chi connectivity index (χ3v) is 5.31. The van der Waals surface area contributed by atoms with Gasteiger partial charge in [0.05, 0.1) is 24.3 Å². The lowest BCUT2D eigenvalue weighted by Crippen LogP contribution is -2.17. The predicted octanol–water partition coefficient (Wildman–Crippen LogP) is 2.11. The van der Waals surface area contributed by atoms with Gasteiger partial charge in [0, 0.05) is 11.4 Å². The molecule has 1 N–H and O–H groups in total. The molecule has 1 aromatic carbocycles. The van der Waals surface area contributed by atoms with Crippen LogP contribution in [0.1, 0.15) is 12.8 Å². The number of nitrogens with one attached hydrogen (secondary N) is 1. The highest BCUT2D eigenvalue weighted by Gasteiger charge is 2.29. The van der Waals surface area contributed by atoms with Crippen molar-refractivity contribution in [3.8, 4) is 5.75 Å². The summed E-state index contributed by atoms with van der Waals surface area (Å²) in [6.07, 6.45) is 0.733. The average molecular weight is 318 g/mol. The number of carbonyl (C=O) groups excluding carboxylic acids is 1. The van der Waals surface area contributed by atoms with Crippen molar-refractivity contribution in [2.75, 3.05) is 23.9 Å². The molecule has 0 bridgehead atoms. The molecule has 0 aliphatic carbocycles. The standard InChI is InChI=1S/C13H16ClNO4S/c1-19-12-3-2-10(14)7-11(12)15-13(16)6-9-4-5-20(17,18)8-9/h2-3,7,9H,4-6,8H2,1H3,(H,15,16)/t9-/m1/s1. The van der Waals surface area contributed by atoms with Crippen LogP contribution < -0.4 is 10.1 Å². The maximum Gasteiger partial charge on any atom is 0.224 e. The van der Waals surface area contributed by atoms with Crippen LogP contribution in [0.5, 0.6) is 5.75 Å². The van der Waals surface area contributed by atoms with Crippen molar-refractivity contribution in [1.82, 2.24) is 0 Å². The molecule has 1 fully saturated rings. The zero-order chi connectivity index (χ0) is 14.8. The summed E-state index contributed by atoms with van der Waals surface area (Å²) in [6.45, 7) is 0. The van der Waals surface area contributed by atoms with Crippen molar-refractivity contribution in [3.05, 3.63) is 23.2 Å². The van der Waals surface area contributed by atoms with Gasteiger partial charge in [0.25, 0.3) is 0 Å². The molecule has 0 radical (unpaired) electrons. The summed E-state index contributed by atoms with van der Waals surface area (Å²) in [5.41, 5.74) is 0.492. The lowest BCUT2D eigenvalue weighted by Gasteiger charge is -2.12. The highest BCUT2D eigenvalue weighted by atomic mass is 35.5. The minimum atomic E-state index is -2.96. The average Bonchev–Trinajstić information content (AvgIpc) is 2.68. The van der Waals surface area contributed by atoms with E-state index < -0.39 is 9.84 Å². The molecule has 20 heavy (non-hydrogen) atoms. The number of benzene rings is 1. The van der Waals surface area contributed by atoms with Gasteiger partial charge in [-0.1, -0.05) is 11.6 Å². The second kappa shape index (κ2) is 6.01. The van der Waals surface area contributed by atoms with Crippen molar-refractivity contribution in [2.45, 2.75) is 12.8 Å². The van der Waals surface area contributed by atoms with Gasteiger partial charge in [-0.2, -0.15) is 0 Å². The normalized spacial score (nSPS) is 20.6. The van der Waals surface area contributed by atoms with E-state index >= 15 is 0 Å². The fourth-order valence-corrected chi connectivity index (χ4v) is 4.31. The zero-order valence-corrected chi connectivity index (χ0v) is 12.6. The van der Waals surface area contributed by atoms with E-state index in [0.29, 0.717) is 22.9 Å². The quantitative estimate of drug-likeness (QED) is 0.923. The number of amides is 1. The SMILES string of the molecule is COc1ccc(Cl)cc1NC(=O)C[C@H]1CCS(=O)(=O)C1. The van der Waals surface area contributed by atoms with Gasteiger partial charge < -0.3 is 10.1 Å². The Kier molecular flexibility index (Phi) is 4.55. The molecular formula is C13H16ClNO4S. The Hall–Kier alpha value is -1.27. The predicted molar refractivity (Wildman–Crippen MR) is 78.0 cm³/mol. The second-order valence-electron chi connectivity index (χ2n) is 4.87. The van der Waals surface area contributed by atoms with Gasteiger partial charge in [-0.25, -0.2) is 8.42 Å². The van der Waals surface area contributed by atoms with E-state index in [1.807, 2.05) is 0 Å². The smallest absolute Gasteiger partial charge is 0.224 e. The molecule has 2 rings (SSSR count). The van der Waals surface area contributed by atoms with E-state index in [2.05, 4.69) is 5.32 Å². The molecule has 1 saturated heterocycles. The molecule has 1 heterocycles. The Bertz CT molecular complexity index is 615. The fourth-order valence-electron chi connectivity index (χ4n) is 2.27. The maximum atomic E-state index is 12.0. The number of hydrogen-bond acceptors (Lipinski definition) is 4. The third kappa shape index (κ3) is 3.86. The second-order valence-corrected chi connectivity index (χ2v) is 7.53. The summed E-state index contributed by atoms with van der Waals surface area (Å²) < 4.78 is 27.8. The molecule has 0 aromatic heterocycles. The molecule has 1 amide bonds. The maximum absolute atomic E-state index is 12.0. The zero-order valence-electron chi connectivity index (χ0n) is 11.1. The van der Waals surface area contributed by atoms with Gasteiger partial charge >= 0.3 is 0 Å². The van der Waals surface area contributed by atoms with Crippen LogP contribution in [0.3, 0.4) is 0 Å². The van der Waals surface area contributed by atoms with Crippen LogP contribution in [0.25, 0.3) is 0 Å². The van der Waals surface area contributed by atoms with E-state index in [0.717, 1.165) is 0 Å². The largest absolute Gasteiger partial charge is 0.495 e. The summed E-state index contributed by atoms with van der Waals surface area (Å²) in [7, 11) is -1.46. The lowest BCUT2D eigenvalue weighted by atomic mass is 10.0. The van der Waals surface area contributed by atoms with E-state index in [4.69, 9.17) is 16.3 Å². The number of ether oxygens (including phenoxy) is 1. The molecule has 1 aliphatic heterocycles. The van der Waals surface area contributed by atoms with Gasteiger partial charge in [-0.05, 0) is 30.5 Å². The number of anilines is 1. The Labute approximate surface area is 123 Å². The highest BCUT2D eigenvalue weighted by molar-refractivity contribution is 7.91. The van der Waals surface area contributed by atoms with E-state index in [9.17, 15) is 13.2 Å². The molecule has 0 unspecified atom stereocenters. The number of hydrogen-bond donors (Lipinski definition) is 1. The van der Waals surface area contributed by atoms with Gasteiger partial charge in [-0.3, -0.25) is 4.79 Å². The van der Waals surface area contributed by atoms with Crippen LogP contribution in [0.2, 0.25) is 5.02 Å². The van der Waals surface area contributed by atoms with Gasteiger partial charge in [0.1, 0.15) is 5.75 Å². The molecule has 0 saturated carbocycles. The molecule has 1 atom stereocenters. The van der Waals surface area contributed by atoms with Gasteiger partial charge in [0.2, 0.25) is 5.91 Å². The van der Waals surface area contributed by atoms with Crippen molar-refractivity contribution in [3.63, 3.8) is 0 Å². The summed E-state index contributed by atoms with van der Waals surface area (Å²) in [4.78, 5) is 12.0. The minimum absolute atomic E-state index is 0.0904. The molecule has 5 nitrogen and oxygen atoms in total. The summed E-state index contributed by atoms with van der Waals surface area (Å²) in [6, 6.07) is 4.93. The highest BCUT2D eigenvalue weighted by Crippen LogP contribution is 2.28. The number of carbonyl (C=O) groups is 1. The monoisotopic (exact) mass is 317 g/mol. The van der Waals surface area contributed by atoms with Crippen LogP contribution in [-0.2, 0) is 14.6 Å². The molecule has 1 aromatic rings. The third-order valence-electron chi connectivity index (χ3n) is 3.24. The first-order valence-corrected chi connectivity index (χ1v) is 8.43. The fraction of sp³-hybridized carbons (Fsp3) is 0.462. The molecule has 1 aliphatic rings. The van der Waals surface area contributed by atoms with Crippen molar-refractivity contribution < 1.29 is 17.9 Å². The molecule has 0 spiro atoms. The number of rotatable bonds is 4. The van der Waals surface area contributed by atoms with E-state index in [-0.39, 0.29) is 29.8 Å². The molecule has 110 valence electrons. The Morgan fingerprint density at radius 1 is 1.50 bits per heavy atom. The van der Waals surface area contributed by atoms with E-state index in [1.54, 1.807) is 18.2 Å². The topological polar surface area (TPSA) is 72.5 Å². The first-order valence-electron chi connectivity index (χ1n) is 6.23. The van der Waals surface area contributed by atoms with Gasteiger partial charge in [0.15, 0.2) is 9.84 Å². The lowest BCUT2D eigenvalue weighted by molar-refractivity contribution is -0.116. The first kappa shape index (κ1) is 15.1. The summed E-state index contributed by atoms with van der Waals surface area (Å²) in [5.74, 6) is 0.443. The summed E-state index contributed by atoms with van der Waals surface area (Å²) in [5, 5.41) is 3.20. The Morgan fingerprint density at radius 2 is 2.25 bits per heavy atom. The first-order chi connectivity index (χ1) is 9.39. The van der Waals surface area contributed by atoms with Crippen LogP contribution in [-0.4, -0.2) is 32.9 Å². The minimum Gasteiger partial charge on any atom is -0.495 e. The van der Waals surface area contributed by atoms with Crippen LogP contribution >= 0.6 is 11.6 Å². The Balaban J connectivity index is 2.00. The number of sulfone groups is 1. The van der Waals surface area contributed by atoms with Crippen LogP contribution in [0, 0.1) is 5.92 Å². The Morgan fingerprint density at radius 3 is 2.85 bits per heavy atom. The van der Waals surface area contributed by atoms with Gasteiger partial charge in [-0.15, -0.1) is 0 Å². The van der Waals surface area contributed by atoms with Crippen molar-refractivity contribution >= 4 is 33.0 Å². The van der Waals surface area contributed by atoms with Crippen LogP contribution in [0.15, 0.2) is 18.2 Å². The van der Waals surface area contributed by atoms with Crippen molar-refractivity contribution in [2.24, 2.45) is 5.92 Å². The van der Waals surface area contributed by atoms with E-state index in [1.165, 1.54) is 7.11 Å². The summed E-state index contributed by atoms with van der Waals surface area (Å²) >= 11 is 5.88. The number of halogens is 1. The van der Waals surface area contributed by atoms with Crippen LogP contribution in [0.4, 0.5) is 5.69 Å². The van der Waals surface area contributed by atoms with Crippen molar-refractivity contribution in [1.29, 1.82) is 0 Å². The molecule has 7 heteroatoms. The molecular weight excluding hydrogens is 302 g/mol. The number of methoxy groups -OCH3 is 1.